The summed E-state index contributed by atoms with van der Waals surface area (Å²) in [7, 11) is 3.16. The van der Waals surface area contributed by atoms with Crippen LogP contribution in [0.3, 0.4) is 0 Å². The maximum absolute atomic E-state index is 12.3. The number of amides is 2. The lowest BCUT2D eigenvalue weighted by atomic mass is 10.2. The number of rotatable bonds is 3. The summed E-state index contributed by atoms with van der Waals surface area (Å²) in [5.41, 5.74) is 1.52. The van der Waals surface area contributed by atoms with Crippen molar-refractivity contribution in [3.8, 4) is 11.5 Å². The Morgan fingerprint density at radius 2 is 1.71 bits per heavy atom. The molecule has 5 nitrogen and oxygen atoms in total. The van der Waals surface area contributed by atoms with Gasteiger partial charge in [-0.2, -0.15) is 0 Å². The van der Waals surface area contributed by atoms with Crippen molar-refractivity contribution in [1.29, 1.82) is 0 Å². The summed E-state index contributed by atoms with van der Waals surface area (Å²) in [4.78, 5) is 13.3. The van der Waals surface area contributed by atoms with Crippen molar-refractivity contribution < 1.29 is 14.3 Å². The highest BCUT2D eigenvalue weighted by atomic mass is 32.2. The molecular weight excluding hydrogens is 288 g/mol. The fourth-order valence-electron chi connectivity index (χ4n) is 2.03. The van der Waals surface area contributed by atoms with Crippen molar-refractivity contribution >= 4 is 29.4 Å². The molecule has 6 heteroatoms. The van der Waals surface area contributed by atoms with Gasteiger partial charge < -0.3 is 14.8 Å². The second kappa shape index (κ2) is 5.57. The van der Waals surface area contributed by atoms with E-state index in [4.69, 9.17) is 9.47 Å². The number of anilines is 2. The molecule has 0 fully saturated rings. The van der Waals surface area contributed by atoms with Crippen LogP contribution in [0.15, 0.2) is 47.4 Å². The predicted octanol–water partition coefficient (Wildman–Crippen LogP) is 3.76. The van der Waals surface area contributed by atoms with Crippen LogP contribution < -0.4 is 19.1 Å². The molecule has 2 amide bonds. The van der Waals surface area contributed by atoms with E-state index < -0.39 is 0 Å². The molecule has 1 N–H and O–H groups in total. The molecular formula is C15H14N2O3S. The Morgan fingerprint density at radius 3 is 2.38 bits per heavy atom. The van der Waals surface area contributed by atoms with E-state index in [0.717, 1.165) is 10.6 Å². The van der Waals surface area contributed by atoms with Gasteiger partial charge in [-0.05, 0) is 24.1 Å². The second-order valence-corrected chi connectivity index (χ2v) is 5.37. The first kappa shape index (κ1) is 13.6. The zero-order valence-corrected chi connectivity index (χ0v) is 12.4. The smallest absolute Gasteiger partial charge is 0.336 e. The van der Waals surface area contributed by atoms with Crippen LogP contribution in [0.2, 0.25) is 0 Å². The van der Waals surface area contributed by atoms with Crippen LogP contribution in [-0.2, 0) is 0 Å². The van der Waals surface area contributed by atoms with E-state index in [9.17, 15) is 4.79 Å². The minimum absolute atomic E-state index is 0.200. The molecule has 21 heavy (non-hydrogen) atoms. The molecule has 3 rings (SSSR count). The monoisotopic (exact) mass is 302 g/mol. The van der Waals surface area contributed by atoms with E-state index in [1.165, 1.54) is 11.9 Å². The molecule has 1 heterocycles. The minimum atomic E-state index is -0.200. The molecule has 1 aliphatic heterocycles. The van der Waals surface area contributed by atoms with Crippen LogP contribution in [-0.4, -0.2) is 20.3 Å². The molecule has 1 aliphatic rings. The Labute approximate surface area is 127 Å². The Balaban J connectivity index is 1.99. The highest BCUT2D eigenvalue weighted by Gasteiger charge is 2.25. The number of carbonyl (C=O) groups is 1. The molecule has 0 saturated carbocycles. The third-order valence-electron chi connectivity index (χ3n) is 3.07. The van der Waals surface area contributed by atoms with E-state index in [1.54, 1.807) is 36.7 Å². The van der Waals surface area contributed by atoms with Crippen molar-refractivity contribution in [2.45, 2.75) is 4.90 Å². The zero-order valence-electron chi connectivity index (χ0n) is 11.6. The molecule has 108 valence electrons. The quantitative estimate of drug-likeness (QED) is 0.877. The molecule has 0 saturated heterocycles. The maximum atomic E-state index is 12.3. The van der Waals surface area contributed by atoms with Crippen LogP contribution in [0.5, 0.6) is 11.5 Å². The summed E-state index contributed by atoms with van der Waals surface area (Å²) in [6.07, 6.45) is 0. The van der Waals surface area contributed by atoms with Crippen molar-refractivity contribution in [3.63, 3.8) is 0 Å². The number of urea groups is 1. The average molecular weight is 302 g/mol. The Bertz CT molecular complexity index is 668. The number of fused-ring (bicyclic) bond motifs is 1. The molecule has 2 aromatic rings. The third kappa shape index (κ3) is 2.62. The van der Waals surface area contributed by atoms with Crippen LogP contribution in [0, 0.1) is 0 Å². The molecule has 2 aromatic carbocycles. The van der Waals surface area contributed by atoms with Crippen molar-refractivity contribution in [3.05, 3.63) is 42.5 Å². The van der Waals surface area contributed by atoms with Gasteiger partial charge in [0.15, 0.2) is 0 Å². The number of methoxy groups -OCH3 is 2. The van der Waals surface area contributed by atoms with Gasteiger partial charge in [0, 0.05) is 18.2 Å². The largest absolute Gasteiger partial charge is 0.497 e. The van der Waals surface area contributed by atoms with Gasteiger partial charge in [0.25, 0.3) is 0 Å². The summed E-state index contributed by atoms with van der Waals surface area (Å²) < 4.78 is 12.1. The Hall–Kier alpha value is -2.34. The molecule has 0 aromatic heterocycles. The summed E-state index contributed by atoms with van der Waals surface area (Å²) >= 11 is 1.37. The van der Waals surface area contributed by atoms with Crippen LogP contribution >= 0.6 is 11.9 Å². The predicted molar refractivity (Wildman–Crippen MR) is 83.3 cm³/mol. The highest BCUT2D eigenvalue weighted by Crippen LogP contribution is 2.40. The van der Waals surface area contributed by atoms with Crippen molar-refractivity contribution in [2.24, 2.45) is 0 Å². The topological polar surface area (TPSA) is 50.8 Å². The van der Waals surface area contributed by atoms with Crippen molar-refractivity contribution in [2.75, 3.05) is 23.8 Å². The van der Waals surface area contributed by atoms with Gasteiger partial charge in [-0.1, -0.05) is 12.1 Å². The summed E-state index contributed by atoms with van der Waals surface area (Å²) in [6, 6.07) is 12.8. The first-order valence-corrected chi connectivity index (χ1v) is 7.10. The Kier molecular flexibility index (Phi) is 3.62. The van der Waals surface area contributed by atoms with Gasteiger partial charge in [-0.3, -0.25) is 0 Å². The van der Waals surface area contributed by atoms with E-state index in [0.29, 0.717) is 17.2 Å². The van der Waals surface area contributed by atoms with Gasteiger partial charge in [0.2, 0.25) is 0 Å². The van der Waals surface area contributed by atoms with E-state index in [1.807, 2.05) is 24.3 Å². The van der Waals surface area contributed by atoms with Gasteiger partial charge in [-0.25, -0.2) is 9.10 Å². The molecule has 0 aliphatic carbocycles. The first-order valence-electron chi connectivity index (χ1n) is 6.32. The van der Waals surface area contributed by atoms with E-state index >= 15 is 0 Å². The lowest BCUT2D eigenvalue weighted by molar-refractivity contribution is 0.260. The molecule has 0 radical (unpaired) electrons. The zero-order chi connectivity index (χ0) is 14.8. The van der Waals surface area contributed by atoms with Crippen molar-refractivity contribution in [1.82, 2.24) is 0 Å². The lowest BCUT2D eigenvalue weighted by Gasteiger charge is -2.28. The van der Waals surface area contributed by atoms with E-state index in [-0.39, 0.29) is 6.03 Å². The fourth-order valence-corrected chi connectivity index (χ4v) is 2.93. The van der Waals surface area contributed by atoms with Crippen LogP contribution in [0.1, 0.15) is 0 Å². The van der Waals surface area contributed by atoms with Gasteiger partial charge >= 0.3 is 6.03 Å². The number of hydrogen-bond acceptors (Lipinski definition) is 4. The van der Waals surface area contributed by atoms with Gasteiger partial charge in [-0.15, -0.1) is 0 Å². The lowest BCUT2D eigenvalue weighted by Crippen LogP contribution is -2.32. The molecule has 0 spiro atoms. The standard InChI is InChI=1S/C15H14N2O3S/c1-19-11-7-10(8-12(9-11)20-2)17-15(18)16-13-5-3-4-6-14(13)21-17/h3-9H,1-2H3,(H,16,18). The Morgan fingerprint density at radius 1 is 1.05 bits per heavy atom. The summed E-state index contributed by atoms with van der Waals surface area (Å²) in [5.74, 6) is 1.27. The number of ether oxygens (including phenoxy) is 2. The molecule has 0 bridgehead atoms. The molecule has 0 unspecified atom stereocenters. The third-order valence-corrected chi connectivity index (χ3v) is 4.19. The summed E-state index contributed by atoms with van der Waals surface area (Å²) in [5, 5.41) is 2.87. The van der Waals surface area contributed by atoms with Gasteiger partial charge in [0.05, 0.1) is 30.5 Å². The first-order chi connectivity index (χ1) is 10.2. The number of nitrogens with one attached hydrogen (secondary N) is 1. The minimum Gasteiger partial charge on any atom is -0.497 e. The fraction of sp³-hybridized carbons (Fsp3) is 0.133. The average Bonchev–Trinajstić information content (AvgIpc) is 2.53. The number of carbonyl (C=O) groups excluding carboxylic acids is 1. The number of benzene rings is 2. The second-order valence-electron chi connectivity index (χ2n) is 4.38. The summed E-state index contributed by atoms with van der Waals surface area (Å²) in [6.45, 7) is 0. The highest BCUT2D eigenvalue weighted by molar-refractivity contribution is 8.01. The van der Waals surface area contributed by atoms with Gasteiger partial charge in [0.1, 0.15) is 11.5 Å². The molecule has 0 atom stereocenters. The number of nitrogens with zero attached hydrogens (tertiary/aromatic N) is 1. The van der Waals surface area contributed by atoms with Crippen LogP contribution in [0.25, 0.3) is 0 Å². The van der Waals surface area contributed by atoms with E-state index in [2.05, 4.69) is 5.32 Å². The number of para-hydroxylation sites is 1. The SMILES string of the molecule is COc1cc(OC)cc(N2Sc3ccccc3NC2=O)c1. The maximum Gasteiger partial charge on any atom is 0.336 e. The number of hydrogen-bond donors (Lipinski definition) is 1. The normalized spacial score (nSPS) is 13.4. The van der Waals surface area contributed by atoms with Crippen LogP contribution in [0.4, 0.5) is 16.2 Å².